The van der Waals surface area contributed by atoms with Gasteiger partial charge in [0, 0.05) is 23.8 Å². The van der Waals surface area contributed by atoms with Gasteiger partial charge in [-0.2, -0.15) is 5.10 Å². The number of hydrogen-bond acceptors (Lipinski definition) is 8. The Morgan fingerprint density at radius 1 is 1.06 bits per heavy atom. The number of hydrogen-bond donors (Lipinski definition) is 1. The SMILES string of the molecule is CCOc1cc(/C=N/NC(=O)Cc2ccccc2[N+](=O)[O-])cc(Br)c1OCc1ccc([N+](=O)[O-])cc1. The Morgan fingerprint density at radius 2 is 1.78 bits per heavy atom. The number of nitro benzene ring substituents is 2. The molecule has 3 aromatic carbocycles. The van der Waals surface area contributed by atoms with E-state index in [2.05, 4.69) is 26.5 Å². The fraction of sp³-hybridized carbons (Fsp3) is 0.167. The molecule has 0 radical (unpaired) electrons. The van der Waals surface area contributed by atoms with E-state index in [1.807, 2.05) is 6.92 Å². The van der Waals surface area contributed by atoms with Crippen LogP contribution in [0.5, 0.6) is 11.5 Å². The van der Waals surface area contributed by atoms with Crippen LogP contribution in [0, 0.1) is 20.2 Å². The number of nitro groups is 2. The molecule has 0 spiro atoms. The van der Waals surface area contributed by atoms with Crippen LogP contribution in [0.1, 0.15) is 23.6 Å². The van der Waals surface area contributed by atoms with E-state index in [-0.39, 0.29) is 30.0 Å². The largest absolute Gasteiger partial charge is 0.490 e. The second kappa shape index (κ2) is 12.4. The van der Waals surface area contributed by atoms with Gasteiger partial charge < -0.3 is 9.47 Å². The van der Waals surface area contributed by atoms with Gasteiger partial charge >= 0.3 is 0 Å². The summed E-state index contributed by atoms with van der Waals surface area (Å²) in [6, 6.07) is 15.4. The molecule has 1 amide bonds. The first-order valence-corrected chi connectivity index (χ1v) is 11.4. The van der Waals surface area contributed by atoms with Gasteiger partial charge in [-0.15, -0.1) is 0 Å². The molecule has 36 heavy (non-hydrogen) atoms. The third-order valence-electron chi connectivity index (χ3n) is 4.80. The number of non-ortho nitro benzene ring substituents is 1. The predicted molar refractivity (Wildman–Crippen MR) is 135 cm³/mol. The maximum atomic E-state index is 12.2. The Morgan fingerprint density at radius 3 is 2.44 bits per heavy atom. The summed E-state index contributed by atoms with van der Waals surface area (Å²) >= 11 is 3.45. The van der Waals surface area contributed by atoms with Crippen molar-refractivity contribution in [1.82, 2.24) is 5.43 Å². The van der Waals surface area contributed by atoms with Crippen LogP contribution in [-0.2, 0) is 17.8 Å². The number of carbonyl (C=O) groups excluding carboxylic acids is 1. The molecule has 186 valence electrons. The average molecular weight is 557 g/mol. The van der Waals surface area contributed by atoms with E-state index in [1.165, 1.54) is 36.5 Å². The Bertz CT molecular complexity index is 1300. The quantitative estimate of drug-likeness (QED) is 0.200. The van der Waals surface area contributed by atoms with Crippen LogP contribution in [-0.4, -0.2) is 28.6 Å². The smallest absolute Gasteiger partial charge is 0.273 e. The fourth-order valence-electron chi connectivity index (χ4n) is 3.16. The number of para-hydroxylation sites is 1. The normalized spacial score (nSPS) is 10.7. The van der Waals surface area contributed by atoms with E-state index in [0.717, 1.165) is 5.56 Å². The molecule has 0 aliphatic carbocycles. The molecule has 0 fully saturated rings. The third kappa shape index (κ3) is 7.09. The molecule has 12 heteroatoms. The van der Waals surface area contributed by atoms with Crippen molar-refractivity contribution in [2.45, 2.75) is 20.0 Å². The summed E-state index contributed by atoms with van der Waals surface area (Å²) in [5, 5.41) is 25.8. The van der Waals surface area contributed by atoms with Crippen molar-refractivity contribution in [2.24, 2.45) is 5.10 Å². The van der Waals surface area contributed by atoms with Crippen LogP contribution < -0.4 is 14.9 Å². The van der Waals surface area contributed by atoms with Crippen LogP contribution in [0.4, 0.5) is 11.4 Å². The highest BCUT2D eigenvalue weighted by Crippen LogP contribution is 2.37. The molecule has 0 aliphatic rings. The van der Waals surface area contributed by atoms with Gasteiger partial charge in [0.2, 0.25) is 5.91 Å². The summed E-state index contributed by atoms with van der Waals surface area (Å²) in [5.74, 6) is 0.363. The molecule has 3 aromatic rings. The number of nitrogens with one attached hydrogen (secondary N) is 1. The molecular weight excluding hydrogens is 536 g/mol. The Kier molecular flexibility index (Phi) is 9.06. The second-order valence-electron chi connectivity index (χ2n) is 7.33. The molecule has 11 nitrogen and oxygen atoms in total. The minimum atomic E-state index is -0.538. The Labute approximate surface area is 214 Å². The number of ether oxygens (including phenoxy) is 2. The maximum absolute atomic E-state index is 12.2. The lowest BCUT2D eigenvalue weighted by Gasteiger charge is -2.14. The molecule has 1 N–H and O–H groups in total. The van der Waals surface area contributed by atoms with Gasteiger partial charge in [0.15, 0.2) is 11.5 Å². The van der Waals surface area contributed by atoms with Crippen LogP contribution in [0.25, 0.3) is 0 Å². The summed E-state index contributed by atoms with van der Waals surface area (Å²) in [5.41, 5.74) is 3.84. The van der Waals surface area contributed by atoms with Crippen molar-refractivity contribution in [3.8, 4) is 11.5 Å². The van der Waals surface area contributed by atoms with Gasteiger partial charge in [-0.05, 0) is 58.2 Å². The van der Waals surface area contributed by atoms with Gasteiger partial charge in [0.1, 0.15) is 6.61 Å². The molecule has 0 atom stereocenters. The van der Waals surface area contributed by atoms with Crippen LogP contribution in [0.3, 0.4) is 0 Å². The number of hydrazone groups is 1. The lowest BCUT2D eigenvalue weighted by molar-refractivity contribution is -0.385. The molecule has 0 heterocycles. The van der Waals surface area contributed by atoms with Gasteiger partial charge in [0.05, 0.1) is 33.6 Å². The lowest BCUT2D eigenvalue weighted by Crippen LogP contribution is -2.20. The van der Waals surface area contributed by atoms with Crippen molar-refractivity contribution in [3.05, 3.63) is 102 Å². The highest BCUT2D eigenvalue weighted by Gasteiger charge is 2.16. The van der Waals surface area contributed by atoms with Crippen molar-refractivity contribution < 1.29 is 24.1 Å². The summed E-state index contributed by atoms with van der Waals surface area (Å²) in [7, 11) is 0. The second-order valence-corrected chi connectivity index (χ2v) is 8.19. The van der Waals surface area contributed by atoms with E-state index in [9.17, 15) is 25.0 Å². The summed E-state index contributed by atoms with van der Waals surface area (Å²) < 4.78 is 12.1. The van der Waals surface area contributed by atoms with E-state index < -0.39 is 15.8 Å². The third-order valence-corrected chi connectivity index (χ3v) is 5.39. The minimum Gasteiger partial charge on any atom is -0.490 e. The van der Waals surface area contributed by atoms with E-state index in [0.29, 0.717) is 28.1 Å². The maximum Gasteiger partial charge on any atom is 0.273 e. The van der Waals surface area contributed by atoms with Gasteiger partial charge in [0.25, 0.3) is 11.4 Å². The van der Waals surface area contributed by atoms with Gasteiger partial charge in [-0.25, -0.2) is 5.43 Å². The zero-order valence-electron chi connectivity index (χ0n) is 19.0. The molecule has 0 bridgehead atoms. The van der Waals surface area contributed by atoms with Crippen molar-refractivity contribution in [3.63, 3.8) is 0 Å². The Balaban J connectivity index is 1.67. The van der Waals surface area contributed by atoms with Gasteiger partial charge in [-0.3, -0.25) is 25.0 Å². The number of carbonyl (C=O) groups is 1. The molecule has 3 rings (SSSR count). The summed E-state index contributed by atoms with van der Waals surface area (Å²) in [6.45, 7) is 2.34. The minimum absolute atomic E-state index is 0.00680. The number of rotatable bonds is 11. The van der Waals surface area contributed by atoms with E-state index >= 15 is 0 Å². The molecule has 0 saturated carbocycles. The van der Waals surface area contributed by atoms with Crippen molar-refractivity contribution in [2.75, 3.05) is 6.61 Å². The fourth-order valence-corrected chi connectivity index (χ4v) is 3.74. The number of amides is 1. The average Bonchev–Trinajstić information content (AvgIpc) is 2.84. The molecular formula is C24H21BrN4O7. The first-order chi connectivity index (χ1) is 17.3. The summed E-state index contributed by atoms with van der Waals surface area (Å²) in [6.07, 6.45) is 1.21. The standard InChI is InChI=1S/C24H21BrN4O7/c1-2-35-22-12-17(14-26-27-23(30)13-18-5-3-4-6-21(18)29(33)34)11-20(25)24(22)36-15-16-7-9-19(10-8-16)28(31)32/h3-12,14H,2,13,15H2,1H3,(H,27,30)/b26-14+. The molecule has 0 aromatic heterocycles. The van der Waals surface area contributed by atoms with Crippen LogP contribution >= 0.6 is 15.9 Å². The number of nitrogens with zero attached hydrogens (tertiary/aromatic N) is 3. The topological polar surface area (TPSA) is 146 Å². The number of halogens is 1. The van der Waals surface area contributed by atoms with Crippen LogP contribution in [0.2, 0.25) is 0 Å². The summed E-state index contributed by atoms with van der Waals surface area (Å²) in [4.78, 5) is 33.1. The van der Waals surface area contributed by atoms with Gasteiger partial charge in [-0.1, -0.05) is 18.2 Å². The van der Waals surface area contributed by atoms with Crippen molar-refractivity contribution in [1.29, 1.82) is 0 Å². The van der Waals surface area contributed by atoms with E-state index in [1.54, 1.807) is 30.3 Å². The molecule has 0 aliphatic heterocycles. The van der Waals surface area contributed by atoms with Crippen molar-refractivity contribution >= 4 is 39.4 Å². The lowest BCUT2D eigenvalue weighted by atomic mass is 10.1. The highest BCUT2D eigenvalue weighted by atomic mass is 79.9. The Hall–Kier alpha value is -4.32. The first kappa shape index (κ1) is 26.3. The van der Waals surface area contributed by atoms with Crippen LogP contribution in [0.15, 0.2) is 70.2 Å². The zero-order chi connectivity index (χ0) is 26.1. The van der Waals surface area contributed by atoms with E-state index in [4.69, 9.17) is 9.47 Å². The first-order valence-electron chi connectivity index (χ1n) is 10.6. The molecule has 0 unspecified atom stereocenters. The molecule has 0 saturated heterocycles. The number of benzene rings is 3. The highest BCUT2D eigenvalue weighted by molar-refractivity contribution is 9.10. The monoisotopic (exact) mass is 556 g/mol. The predicted octanol–water partition coefficient (Wildman–Crippen LogP) is 4.94. The zero-order valence-corrected chi connectivity index (χ0v) is 20.6.